The van der Waals surface area contributed by atoms with Gasteiger partial charge in [0.1, 0.15) is 0 Å². The first kappa shape index (κ1) is 16.7. The normalized spacial score (nSPS) is 22.4. The smallest absolute Gasteiger partial charge is 0.230 e. The molecular weight excluding hydrogens is 287 g/mol. The van der Waals surface area contributed by atoms with Crippen molar-refractivity contribution in [1.82, 2.24) is 10.6 Å². The van der Waals surface area contributed by atoms with Crippen LogP contribution in [0.4, 0.5) is 4.39 Å². The number of rotatable bonds is 6. The fourth-order valence-electron chi connectivity index (χ4n) is 2.79. The van der Waals surface area contributed by atoms with Crippen molar-refractivity contribution < 1.29 is 18.7 Å². The van der Waals surface area contributed by atoms with Crippen LogP contribution in [0.5, 0.6) is 5.75 Å². The molecule has 1 heterocycles. The third-order valence-corrected chi connectivity index (χ3v) is 4.17. The van der Waals surface area contributed by atoms with E-state index in [4.69, 9.17) is 9.47 Å². The monoisotopic (exact) mass is 310 g/mol. The van der Waals surface area contributed by atoms with Crippen LogP contribution in [0.2, 0.25) is 0 Å². The SMILES string of the molecule is COCC1(C(=O)NC(C)c2ccc(OC)c(F)c2)CCNC1. The Balaban J connectivity index is 2.08. The number of halogens is 1. The zero-order valence-corrected chi connectivity index (χ0v) is 13.2. The van der Waals surface area contributed by atoms with Crippen LogP contribution in [0.25, 0.3) is 0 Å². The van der Waals surface area contributed by atoms with Crippen LogP contribution >= 0.6 is 0 Å². The van der Waals surface area contributed by atoms with Gasteiger partial charge in [0, 0.05) is 13.7 Å². The second kappa shape index (κ2) is 7.07. The molecular formula is C16H23FN2O3. The molecule has 122 valence electrons. The van der Waals surface area contributed by atoms with Crippen molar-refractivity contribution in [3.8, 4) is 5.75 Å². The van der Waals surface area contributed by atoms with Crippen LogP contribution in [0.1, 0.15) is 24.9 Å². The van der Waals surface area contributed by atoms with Gasteiger partial charge in [-0.15, -0.1) is 0 Å². The summed E-state index contributed by atoms with van der Waals surface area (Å²) in [6.07, 6.45) is 0.733. The van der Waals surface area contributed by atoms with E-state index in [0.29, 0.717) is 18.7 Å². The number of carbonyl (C=O) groups is 1. The van der Waals surface area contributed by atoms with Crippen molar-refractivity contribution in [1.29, 1.82) is 0 Å². The molecule has 2 unspecified atom stereocenters. The van der Waals surface area contributed by atoms with Crippen molar-refractivity contribution in [3.63, 3.8) is 0 Å². The molecule has 0 spiro atoms. The van der Waals surface area contributed by atoms with Crippen LogP contribution in [0.15, 0.2) is 18.2 Å². The Morgan fingerprint density at radius 2 is 2.27 bits per heavy atom. The summed E-state index contributed by atoms with van der Waals surface area (Å²) in [5.74, 6) is -0.309. The van der Waals surface area contributed by atoms with Crippen LogP contribution in [-0.4, -0.2) is 39.8 Å². The van der Waals surface area contributed by atoms with Gasteiger partial charge >= 0.3 is 0 Å². The maximum absolute atomic E-state index is 13.8. The molecule has 1 fully saturated rings. The van der Waals surface area contributed by atoms with Gasteiger partial charge in [-0.05, 0) is 37.6 Å². The summed E-state index contributed by atoms with van der Waals surface area (Å²) in [5.41, 5.74) is 0.152. The fourth-order valence-corrected chi connectivity index (χ4v) is 2.79. The zero-order chi connectivity index (χ0) is 16.2. The molecule has 1 aromatic rings. The van der Waals surface area contributed by atoms with Crippen molar-refractivity contribution in [2.45, 2.75) is 19.4 Å². The molecule has 2 atom stereocenters. The number of nitrogens with one attached hydrogen (secondary N) is 2. The predicted molar refractivity (Wildman–Crippen MR) is 81.3 cm³/mol. The van der Waals surface area contributed by atoms with Crippen LogP contribution in [0, 0.1) is 11.2 Å². The lowest BCUT2D eigenvalue weighted by Crippen LogP contribution is -2.46. The molecule has 1 aliphatic rings. The summed E-state index contributed by atoms with van der Waals surface area (Å²) < 4.78 is 23.9. The van der Waals surface area contributed by atoms with Gasteiger partial charge in [0.25, 0.3) is 0 Å². The highest BCUT2D eigenvalue weighted by Gasteiger charge is 2.41. The Hall–Kier alpha value is -1.66. The van der Waals surface area contributed by atoms with E-state index in [1.54, 1.807) is 19.2 Å². The van der Waals surface area contributed by atoms with E-state index in [-0.39, 0.29) is 17.7 Å². The van der Waals surface area contributed by atoms with E-state index in [1.807, 2.05) is 6.92 Å². The summed E-state index contributed by atoms with van der Waals surface area (Å²) in [6, 6.07) is 4.42. The van der Waals surface area contributed by atoms with E-state index in [0.717, 1.165) is 13.0 Å². The molecule has 1 saturated heterocycles. The zero-order valence-electron chi connectivity index (χ0n) is 13.2. The van der Waals surface area contributed by atoms with Gasteiger partial charge in [-0.1, -0.05) is 6.07 Å². The highest BCUT2D eigenvalue weighted by molar-refractivity contribution is 5.83. The summed E-state index contributed by atoms with van der Waals surface area (Å²) in [5, 5.41) is 6.16. The molecule has 1 amide bonds. The fraction of sp³-hybridized carbons (Fsp3) is 0.562. The molecule has 0 radical (unpaired) electrons. The van der Waals surface area contributed by atoms with Crippen molar-refractivity contribution in [2.75, 3.05) is 33.9 Å². The van der Waals surface area contributed by atoms with Gasteiger partial charge < -0.3 is 20.1 Å². The van der Waals surface area contributed by atoms with Crippen LogP contribution in [-0.2, 0) is 9.53 Å². The average molecular weight is 310 g/mol. The number of carbonyl (C=O) groups excluding carboxylic acids is 1. The number of ether oxygens (including phenoxy) is 2. The lowest BCUT2D eigenvalue weighted by molar-refractivity contribution is -0.133. The van der Waals surface area contributed by atoms with Gasteiger partial charge in [0.2, 0.25) is 5.91 Å². The number of hydrogen-bond donors (Lipinski definition) is 2. The second-order valence-corrected chi connectivity index (χ2v) is 5.73. The molecule has 5 nitrogen and oxygen atoms in total. The van der Waals surface area contributed by atoms with Crippen molar-refractivity contribution >= 4 is 5.91 Å². The largest absolute Gasteiger partial charge is 0.494 e. The first-order chi connectivity index (χ1) is 10.5. The third-order valence-electron chi connectivity index (χ3n) is 4.17. The molecule has 1 aromatic carbocycles. The first-order valence-electron chi connectivity index (χ1n) is 7.36. The minimum absolute atomic E-state index is 0.0666. The maximum atomic E-state index is 13.8. The topological polar surface area (TPSA) is 59.6 Å². The average Bonchev–Trinajstić information content (AvgIpc) is 2.97. The number of hydrogen-bond acceptors (Lipinski definition) is 4. The van der Waals surface area contributed by atoms with E-state index in [2.05, 4.69) is 10.6 Å². The Morgan fingerprint density at radius 1 is 1.50 bits per heavy atom. The number of methoxy groups -OCH3 is 2. The molecule has 1 aliphatic heterocycles. The third kappa shape index (κ3) is 3.39. The molecule has 0 saturated carbocycles. The Morgan fingerprint density at radius 3 is 2.82 bits per heavy atom. The molecule has 2 rings (SSSR count). The van der Waals surface area contributed by atoms with Gasteiger partial charge in [0.15, 0.2) is 11.6 Å². The Labute approximate surface area is 130 Å². The minimum atomic E-state index is -0.548. The molecule has 2 N–H and O–H groups in total. The quantitative estimate of drug-likeness (QED) is 0.838. The first-order valence-corrected chi connectivity index (χ1v) is 7.36. The van der Waals surface area contributed by atoms with Crippen molar-refractivity contribution in [3.05, 3.63) is 29.6 Å². The van der Waals surface area contributed by atoms with E-state index in [1.165, 1.54) is 13.2 Å². The lowest BCUT2D eigenvalue weighted by Gasteiger charge is -2.28. The minimum Gasteiger partial charge on any atom is -0.494 e. The van der Waals surface area contributed by atoms with Crippen molar-refractivity contribution in [2.24, 2.45) is 5.41 Å². The van der Waals surface area contributed by atoms with Gasteiger partial charge in [-0.2, -0.15) is 0 Å². The maximum Gasteiger partial charge on any atom is 0.230 e. The molecule has 0 bridgehead atoms. The van der Waals surface area contributed by atoms with E-state index >= 15 is 0 Å². The number of benzene rings is 1. The van der Waals surface area contributed by atoms with Crippen LogP contribution < -0.4 is 15.4 Å². The van der Waals surface area contributed by atoms with Gasteiger partial charge in [0.05, 0.1) is 25.2 Å². The summed E-state index contributed by atoms with van der Waals surface area (Å²) >= 11 is 0. The number of amides is 1. The summed E-state index contributed by atoms with van der Waals surface area (Å²) in [6.45, 7) is 3.59. The standard InChI is InChI=1S/C16H23FN2O3/c1-11(12-4-5-14(22-3)13(17)8-12)19-15(20)16(10-21-2)6-7-18-9-16/h4-5,8,11,18H,6-7,9-10H2,1-3H3,(H,19,20). The van der Waals surface area contributed by atoms with E-state index in [9.17, 15) is 9.18 Å². The molecule has 0 aliphatic carbocycles. The van der Waals surface area contributed by atoms with E-state index < -0.39 is 11.2 Å². The molecule has 0 aromatic heterocycles. The molecule has 6 heteroatoms. The van der Waals surface area contributed by atoms with Gasteiger partial charge in [-0.25, -0.2) is 4.39 Å². The highest BCUT2D eigenvalue weighted by atomic mass is 19.1. The van der Waals surface area contributed by atoms with Crippen LogP contribution in [0.3, 0.4) is 0 Å². The predicted octanol–water partition coefficient (Wildman–Crippen LogP) is 1.64. The second-order valence-electron chi connectivity index (χ2n) is 5.73. The summed E-state index contributed by atoms with van der Waals surface area (Å²) in [4.78, 5) is 12.6. The Kier molecular flexibility index (Phi) is 5.37. The molecule has 22 heavy (non-hydrogen) atoms. The summed E-state index contributed by atoms with van der Waals surface area (Å²) in [7, 11) is 3.01. The highest BCUT2D eigenvalue weighted by Crippen LogP contribution is 2.28. The Bertz CT molecular complexity index is 530. The lowest BCUT2D eigenvalue weighted by atomic mass is 9.86. The van der Waals surface area contributed by atoms with Gasteiger partial charge in [-0.3, -0.25) is 4.79 Å².